The van der Waals surface area contributed by atoms with Crippen LogP contribution in [0.15, 0.2) is 47.0 Å². The minimum atomic E-state index is -4.50. The van der Waals surface area contributed by atoms with Gasteiger partial charge in [0.25, 0.3) is 5.91 Å². The van der Waals surface area contributed by atoms with E-state index in [-0.39, 0.29) is 33.2 Å². The molecule has 0 aliphatic carbocycles. The summed E-state index contributed by atoms with van der Waals surface area (Å²) in [5.74, 6) is -1.25. The fourth-order valence-electron chi connectivity index (χ4n) is 2.87. The summed E-state index contributed by atoms with van der Waals surface area (Å²) in [5, 5.41) is 6.38. The fraction of sp³-hybridized carbons (Fsp3) is 0.200. The third kappa shape index (κ3) is 4.27. The highest BCUT2D eigenvalue weighted by atomic mass is 35.5. The smallest absolute Gasteiger partial charge is 0.360 e. The Hall–Kier alpha value is -2.87. The molecule has 0 fully saturated rings. The van der Waals surface area contributed by atoms with Gasteiger partial charge in [-0.2, -0.15) is 13.2 Å². The summed E-state index contributed by atoms with van der Waals surface area (Å²) in [5.41, 5.74) is -0.790. The summed E-state index contributed by atoms with van der Waals surface area (Å²) >= 11 is 6.05. The van der Waals surface area contributed by atoms with Crippen molar-refractivity contribution in [3.63, 3.8) is 0 Å². The van der Waals surface area contributed by atoms with E-state index in [2.05, 4.69) is 10.5 Å². The highest BCUT2D eigenvalue weighted by Gasteiger charge is 2.31. The lowest BCUT2D eigenvalue weighted by atomic mass is 10.0. The predicted molar refractivity (Wildman–Crippen MR) is 99.0 cm³/mol. The van der Waals surface area contributed by atoms with Crippen LogP contribution in [-0.2, 0) is 6.18 Å². The minimum Gasteiger partial charge on any atom is -0.360 e. The van der Waals surface area contributed by atoms with Gasteiger partial charge in [-0.05, 0) is 43.7 Å². The molecule has 3 rings (SSSR count). The largest absolute Gasteiger partial charge is 0.416 e. The van der Waals surface area contributed by atoms with Gasteiger partial charge in [0.15, 0.2) is 0 Å². The van der Waals surface area contributed by atoms with E-state index in [1.54, 1.807) is 0 Å². The van der Waals surface area contributed by atoms with Gasteiger partial charge in [-0.15, -0.1) is 0 Å². The second kappa shape index (κ2) is 7.87. The van der Waals surface area contributed by atoms with E-state index in [0.717, 1.165) is 18.2 Å². The molecule has 1 aromatic heterocycles. The first-order chi connectivity index (χ1) is 13.6. The maximum absolute atomic E-state index is 14.3. The molecule has 1 N–H and O–H groups in total. The summed E-state index contributed by atoms with van der Waals surface area (Å²) in [6.07, 6.45) is -4.50. The molecule has 1 amide bonds. The fourth-order valence-corrected chi connectivity index (χ4v) is 3.12. The summed E-state index contributed by atoms with van der Waals surface area (Å²) in [7, 11) is 0. The van der Waals surface area contributed by atoms with Crippen molar-refractivity contribution < 1.29 is 26.9 Å². The first-order valence-electron chi connectivity index (χ1n) is 8.48. The number of alkyl halides is 3. The van der Waals surface area contributed by atoms with Gasteiger partial charge in [-0.3, -0.25) is 4.79 Å². The molecule has 1 heterocycles. The second-order valence-corrected chi connectivity index (χ2v) is 6.78. The average molecular weight is 427 g/mol. The monoisotopic (exact) mass is 426 g/mol. The predicted octanol–water partition coefficient (Wildman–Crippen LogP) is 5.95. The van der Waals surface area contributed by atoms with Crippen LogP contribution in [0, 0.1) is 12.7 Å². The van der Waals surface area contributed by atoms with Gasteiger partial charge in [-0.25, -0.2) is 4.39 Å². The number of nitrogens with one attached hydrogen (secondary N) is 1. The normalized spacial score (nSPS) is 12.7. The molecule has 0 saturated heterocycles. The molecular formula is C20H15ClF4N2O2. The molecule has 9 heteroatoms. The van der Waals surface area contributed by atoms with Crippen LogP contribution in [0.3, 0.4) is 0 Å². The molecule has 0 spiro atoms. The number of carbonyl (C=O) groups is 1. The highest BCUT2D eigenvalue weighted by Crippen LogP contribution is 2.34. The molecule has 1 unspecified atom stereocenters. The lowest BCUT2D eigenvalue weighted by molar-refractivity contribution is -0.137. The molecular weight excluding hydrogens is 412 g/mol. The molecule has 0 aliphatic rings. The zero-order chi connectivity index (χ0) is 21.3. The van der Waals surface area contributed by atoms with Crippen LogP contribution in [0.25, 0.3) is 11.3 Å². The maximum Gasteiger partial charge on any atom is 0.416 e. The maximum atomic E-state index is 14.3. The van der Waals surface area contributed by atoms with Crippen molar-refractivity contribution in [3.05, 3.63) is 75.8 Å². The van der Waals surface area contributed by atoms with Gasteiger partial charge in [0, 0.05) is 0 Å². The van der Waals surface area contributed by atoms with Gasteiger partial charge in [-0.1, -0.05) is 35.0 Å². The third-order valence-corrected chi connectivity index (χ3v) is 4.67. The molecule has 0 aliphatic heterocycles. The van der Waals surface area contributed by atoms with Crippen LogP contribution in [-0.4, -0.2) is 11.1 Å². The summed E-state index contributed by atoms with van der Waals surface area (Å²) < 4.78 is 58.1. The van der Waals surface area contributed by atoms with Crippen molar-refractivity contribution in [3.8, 4) is 11.3 Å². The van der Waals surface area contributed by atoms with Crippen molar-refractivity contribution in [2.45, 2.75) is 26.1 Å². The lowest BCUT2D eigenvalue weighted by Crippen LogP contribution is -2.27. The van der Waals surface area contributed by atoms with Crippen LogP contribution in [0.5, 0.6) is 0 Å². The number of hydrogen-bond acceptors (Lipinski definition) is 3. The molecule has 29 heavy (non-hydrogen) atoms. The van der Waals surface area contributed by atoms with Gasteiger partial charge >= 0.3 is 6.18 Å². The number of hydrogen-bond donors (Lipinski definition) is 1. The second-order valence-electron chi connectivity index (χ2n) is 6.38. The van der Waals surface area contributed by atoms with Crippen LogP contribution >= 0.6 is 11.6 Å². The number of amides is 1. The summed E-state index contributed by atoms with van der Waals surface area (Å²) in [6, 6.07) is 7.88. The van der Waals surface area contributed by atoms with E-state index in [4.69, 9.17) is 16.1 Å². The van der Waals surface area contributed by atoms with Crippen molar-refractivity contribution in [2.24, 2.45) is 0 Å². The van der Waals surface area contributed by atoms with E-state index in [9.17, 15) is 22.4 Å². The lowest BCUT2D eigenvalue weighted by Gasteiger charge is -2.16. The van der Waals surface area contributed by atoms with E-state index < -0.39 is 29.5 Å². The Kier molecular flexibility index (Phi) is 5.66. The molecule has 2 aromatic carbocycles. The number of halogens is 5. The SMILES string of the molecule is Cc1onc(-c2c(F)cccc2Cl)c1C(=O)NC(C)c1cccc(C(F)(F)F)c1. The Balaban J connectivity index is 1.92. The van der Waals surface area contributed by atoms with E-state index >= 15 is 0 Å². The van der Waals surface area contributed by atoms with Crippen molar-refractivity contribution in [1.29, 1.82) is 0 Å². The number of aromatic nitrogens is 1. The molecule has 4 nitrogen and oxygen atoms in total. The van der Waals surface area contributed by atoms with E-state index in [1.807, 2.05) is 0 Å². The Bertz CT molecular complexity index is 1040. The van der Waals surface area contributed by atoms with Crippen LogP contribution in [0.4, 0.5) is 17.6 Å². The Morgan fingerprint density at radius 3 is 2.55 bits per heavy atom. The van der Waals surface area contributed by atoms with Gasteiger partial charge in [0.2, 0.25) is 0 Å². The summed E-state index contributed by atoms with van der Waals surface area (Å²) in [6.45, 7) is 3.00. The van der Waals surface area contributed by atoms with Crippen LogP contribution in [0.1, 0.15) is 40.2 Å². The molecule has 0 saturated carbocycles. The van der Waals surface area contributed by atoms with Crippen molar-refractivity contribution in [1.82, 2.24) is 10.5 Å². The van der Waals surface area contributed by atoms with E-state index in [1.165, 1.54) is 38.1 Å². The average Bonchev–Trinajstić information content (AvgIpc) is 3.02. The molecule has 3 aromatic rings. The van der Waals surface area contributed by atoms with Crippen molar-refractivity contribution in [2.75, 3.05) is 0 Å². The first kappa shape index (κ1) is 20.9. The van der Waals surface area contributed by atoms with Gasteiger partial charge < -0.3 is 9.84 Å². The zero-order valence-corrected chi connectivity index (χ0v) is 16.0. The number of nitrogens with zero attached hydrogens (tertiary/aromatic N) is 1. The molecule has 0 radical (unpaired) electrons. The topological polar surface area (TPSA) is 55.1 Å². The zero-order valence-electron chi connectivity index (χ0n) is 15.3. The Morgan fingerprint density at radius 2 is 1.90 bits per heavy atom. The molecule has 0 bridgehead atoms. The number of aryl methyl sites for hydroxylation is 1. The van der Waals surface area contributed by atoms with Gasteiger partial charge in [0.1, 0.15) is 22.8 Å². The Labute approximate surface area is 168 Å². The Morgan fingerprint density at radius 1 is 1.21 bits per heavy atom. The minimum absolute atomic E-state index is 0.0401. The first-order valence-corrected chi connectivity index (χ1v) is 8.86. The molecule has 1 atom stereocenters. The number of benzene rings is 2. The highest BCUT2D eigenvalue weighted by molar-refractivity contribution is 6.33. The van der Waals surface area contributed by atoms with Crippen LogP contribution < -0.4 is 5.32 Å². The standard InChI is InChI=1S/C20H15ClF4N2O2/c1-10(12-5-3-6-13(9-12)20(23,24)25)26-19(28)16-11(2)29-27-18(16)17-14(21)7-4-8-15(17)22/h3-10H,1-2H3,(H,26,28). The quantitative estimate of drug-likeness (QED) is 0.524. The number of carbonyl (C=O) groups excluding carboxylic acids is 1. The third-order valence-electron chi connectivity index (χ3n) is 4.35. The molecule has 152 valence electrons. The number of rotatable bonds is 4. The van der Waals surface area contributed by atoms with Crippen LogP contribution in [0.2, 0.25) is 5.02 Å². The summed E-state index contributed by atoms with van der Waals surface area (Å²) in [4.78, 5) is 12.8. The van der Waals surface area contributed by atoms with Crippen molar-refractivity contribution >= 4 is 17.5 Å². The van der Waals surface area contributed by atoms with E-state index in [0.29, 0.717) is 0 Å². The van der Waals surface area contributed by atoms with Gasteiger partial charge in [0.05, 0.1) is 22.2 Å².